The van der Waals surface area contributed by atoms with Gasteiger partial charge in [0.2, 0.25) is 0 Å². The van der Waals surface area contributed by atoms with Crippen LogP contribution in [0.1, 0.15) is 28.7 Å². The molecule has 1 amide bonds. The molecule has 0 saturated heterocycles. The largest absolute Gasteiger partial charge is 0.455 e. The van der Waals surface area contributed by atoms with E-state index in [1.165, 1.54) is 12.3 Å². The van der Waals surface area contributed by atoms with Crippen LogP contribution >= 0.6 is 0 Å². The van der Waals surface area contributed by atoms with Gasteiger partial charge in [-0.05, 0) is 18.6 Å². The summed E-state index contributed by atoms with van der Waals surface area (Å²) in [6, 6.07) is 5.89. The fraction of sp³-hybridized carbons (Fsp3) is 0.158. The molecule has 0 saturated carbocycles. The van der Waals surface area contributed by atoms with Crippen LogP contribution < -0.4 is 10.1 Å². The van der Waals surface area contributed by atoms with E-state index in [4.69, 9.17) is 4.74 Å². The number of carbonyl (C=O) groups excluding carboxylic acids is 1. The number of pyridine rings is 3. The number of amides is 1. The van der Waals surface area contributed by atoms with Gasteiger partial charge in [0.15, 0.2) is 0 Å². The normalized spacial score (nSPS) is 11.2. The molecule has 0 unspecified atom stereocenters. The Kier molecular flexibility index (Phi) is 5.71. The lowest BCUT2D eigenvalue weighted by atomic mass is 10.2. The SMILES string of the molecule is CCc1cc(Oc2cncc(F)c2)cc(C(=O)Nc2ccc(C(F)(F)F)cn2)n1. The van der Waals surface area contributed by atoms with Crippen molar-refractivity contribution in [3.05, 3.63) is 71.7 Å². The first-order valence-electron chi connectivity index (χ1n) is 8.38. The minimum atomic E-state index is -4.52. The number of nitrogens with one attached hydrogen (secondary N) is 1. The molecule has 3 heterocycles. The minimum Gasteiger partial charge on any atom is -0.455 e. The van der Waals surface area contributed by atoms with E-state index < -0.39 is 23.5 Å². The first-order chi connectivity index (χ1) is 13.7. The molecule has 3 aromatic rings. The lowest BCUT2D eigenvalue weighted by Gasteiger charge is -2.10. The lowest BCUT2D eigenvalue weighted by molar-refractivity contribution is -0.137. The maximum Gasteiger partial charge on any atom is 0.417 e. The van der Waals surface area contributed by atoms with E-state index in [1.54, 1.807) is 6.07 Å². The van der Waals surface area contributed by atoms with Crippen molar-refractivity contribution in [2.24, 2.45) is 0 Å². The molecule has 6 nitrogen and oxygen atoms in total. The summed E-state index contributed by atoms with van der Waals surface area (Å²) < 4.78 is 56.6. The van der Waals surface area contributed by atoms with Crippen molar-refractivity contribution in [3.8, 4) is 11.5 Å². The van der Waals surface area contributed by atoms with Gasteiger partial charge < -0.3 is 10.1 Å². The van der Waals surface area contributed by atoms with Crippen molar-refractivity contribution in [3.63, 3.8) is 0 Å². The van der Waals surface area contributed by atoms with Gasteiger partial charge in [-0.15, -0.1) is 0 Å². The molecule has 0 fully saturated rings. The summed E-state index contributed by atoms with van der Waals surface area (Å²) in [4.78, 5) is 23.9. The molecular weight excluding hydrogens is 392 g/mol. The molecule has 29 heavy (non-hydrogen) atoms. The van der Waals surface area contributed by atoms with E-state index in [0.717, 1.165) is 24.4 Å². The molecule has 0 aliphatic carbocycles. The summed E-state index contributed by atoms with van der Waals surface area (Å²) in [6.07, 6.45) is -1.09. The maximum atomic E-state index is 13.3. The predicted molar refractivity (Wildman–Crippen MR) is 95.1 cm³/mol. The quantitative estimate of drug-likeness (QED) is 0.625. The van der Waals surface area contributed by atoms with Crippen LogP contribution in [0.2, 0.25) is 0 Å². The molecule has 0 atom stereocenters. The fourth-order valence-corrected chi connectivity index (χ4v) is 2.32. The third-order valence-corrected chi connectivity index (χ3v) is 3.69. The highest BCUT2D eigenvalue weighted by atomic mass is 19.4. The van der Waals surface area contributed by atoms with E-state index in [0.29, 0.717) is 18.3 Å². The lowest BCUT2D eigenvalue weighted by Crippen LogP contribution is -2.16. The van der Waals surface area contributed by atoms with Crippen LogP contribution in [0.25, 0.3) is 0 Å². The Morgan fingerprint density at radius 2 is 1.90 bits per heavy atom. The maximum absolute atomic E-state index is 13.3. The number of nitrogens with zero attached hydrogens (tertiary/aromatic N) is 3. The van der Waals surface area contributed by atoms with E-state index in [1.807, 2.05) is 6.92 Å². The Morgan fingerprint density at radius 1 is 1.10 bits per heavy atom. The number of aryl methyl sites for hydroxylation is 1. The second-order valence-electron chi connectivity index (χ2n) is 5.86. The van der Waals surface area contributed by atoms with Gasteiger partial charge in [0, 0.05) is 30.1 Å². The Morgan fingerprint density at radius 3 is 2.52 bits per heavy atom. The highest BCUT2D eigenvalue weighted by molar-refractivity contribution is 6.02. The number of carbonyl (C=O) groups is 1. The first-order valence-corrected chi connectivity index (χ1v) is 8.38. The summed E-state index contributed by atoms with van der Waals surface area (Å²) in [5.74, 6) is -0.972. The summed E-state index contributed by atoms with van der Waals surface area (Å²) in [5.41, 5.74) is -0.441. The Bertz CT molecular complexity index is 1020. The van der Waals surface area contributed by atoms with Crippen LogP contribution in [0, 0.1) is 5.82 Å². The summed E-state index contributed by atoms with van der Waals surface area (Å²) in [7, 11) is 0. The first kappa shape index (κ1) is 20.2. The summed E-state index contributed by atoms with van der Waals surface area (Å²) in [6.45, 7) is 1.81. The van der Waals surface area contributed by atoms with Crippen LogP contribution in [0.4, 0.5) is 23.4 Å². The number of hydrogen-bond acceptors (Lipinski definition) is 5. The number of aromatic nitrogens is 3. The topological polar surface area (TPSA) is 77.0 Å². The highest BCUT2D eigenvalue weighted by Gasteiger charge is 2.30. The van der Waals surface area contributed by atoms with Crippen molar-refractivity contribution in [2.75, 3.05) is 5.32 Å². The molecular formula is C19H14F4N4O2. The van der Waals surface area contributed by atoms with Crippen LogP contribution in [0.5, 0.6) is 11.5 Å². The van der Waals surface area contributed by atoms with Gasteiger partial charge in [-0.2, -0.15) is 13.2 Å². The van der Waals surface area contributed by atoms with Crippen molar-refractivity contribution in [1.82, 2.24) is 15.0 Å². The van der Waals surface area contributed by atoms with E-state index >= 15 is 0 Å². The third-order valence-electron chi connectivity index (χ3n) is 3.69. The molecule has 10 heteroatoms. The number of halogens is 4. The monoisotopic (exact) mass is 406 g/mol. The Hall–Kier alpha value is -3.56. The van der Waals surface area contributed by atoms with E-state index in [2.05, 4.69) is 20.3 Å². The molecule has 1 N–H and O–H groups in total. The van der Waals surface area contributed by atoms with Gasteiger partial charge >= 0.3 is 6.18 Å². The third kappa shape index (κ3) is 5.24. The molecule has 0 aliphatic heterocycles. The highest BCUT2D eigenvalue weighted by Crippen LogP contribution is 2.29. The van der Waals surface area contributed by atoms with E-state index in [9.17, 15) is 22.4 Å². The van der Waals surface area contributed by atoms with Gasteiger partial charge in [-0.3, -0.25) is 9.78 Å². The predicted octanol–water partition coefficient (Wildman–Crippen LogP) is 4.64. The molecule has 0 radical (unpaired) electrons. The number of anilines is 1. The zero-order valence-corrected chi connectivity index (χ0v) is 15.0. The van der Waals surface area contributed by atoms with Crippen molar-refractivity contribution < 1.29 is 27.1 Å². The van der Waals surface area contributed by atoms with Crippen LogP contribution in [-0.4, -0.2) is 20.9 Å². The van der Waals surface area contributed by atoms with Crippen LogP contribution in [0.3, 0.4) is 0 Å². The molecule has 3 aromatic heterocycles. The average Bonchev–Trinajstić information content (AvgIpc) is 2.67. The molecule has 0 spiro atoms. The Balaban J connectivity index is 1.81. The zero-order valence-electron chi connectivity index (χ0n) is 15.0. The van der Waals surface area contributed by atoms with Gasteiger partial charge in [-0.25, -0.2) is 14.4 Å². The number of ether oxygens (including phenoxy) is 1. The smallest absolute Gasteiger partial charge is 0.417 e. The standard InChI is InChI=1S/C19H14F4N4O2/c1-2-13-6-14(29-15-5-12(20)9-24-10-15)7-16(26-13)18(28)27-17-4-3-11(8-25-17)19(21,22)23/h3-10H,2H2,1H3,(H,25,27,28). The summed E-state index contributed by atoms with van der Waals surface area (Å²) >= 11 is 0. The van der Waals surface area contributed by atoms with E-state index in [-0.39, 0.29) is 23.0 Å². The second kappa shape index (κ2) is 8.21. The number of hydrogen-bond donors (Lipinski definition) is 1. The van der Waals surface area contributed by atoms with Gasteiger partial charge in [0.05, 0.1) is 18.0 Å². The minimum absolute atomic E-state index is 0.0367. The second-order valence-corrected chi connectivity index (χ2v) is 5.86. The number of rotatable bonds is 5. The Labute approximate surface area is 162 Å². The van der Waals surface area contributed by atoms with Gasteiger partial charge in [0.1, 0.15) is 28.8 Å². The molecule has 0 aliphatic rings. The van der Waals surface area contributed by atoms with Crippen molar-refractivity contribution >= 4 is 11.7 Å². The molecule has 0 bridgehead atoms. The van der Waals surface area contributed by atoms with Gasteiger partial charge in [-0.1, -0.05) is 6.92 Å². The molecule has 0 aromatic carbocycles. The van der Waals surface area contributed by atoms with Crippen LogP contribution in [-0.2, 0) is 12.6 Å². The zero-order chi connectivity index (χ0) is 21.0. The number of alkyl halides is 3. The molecule has 150 valence electrons. The fourth-order valence-electron chi connectivity index (χ4n) is 2.32. The van der Waals surface area contributed by atoms with Crippen molar-refractivity contribution in [1.29, 1.82) is 0 Å². The van der Waals surface area contributed by atoms with Crippen molar-refractivity contribution in [2.45, 2.75) is 19.5 Å². The summed E-state index contributed by atoms with van der Waals surface area (Å²) in [5, 5.41) is 2.38. The van der Waals surface area contributed by atoms with Crippen LogP contribution in [0.15, 0.2) is 48.9 Å². The average molecular weight is 406 g/mol. The molecule has 3 rings (SSSR count). The van der Waals surface area contributed by atoms with Gasteiger partial charge in [0.25, 0.3) is 5.91 Å².